The molecule has 0 amide bonds. The SMILES string of the molecule is Cc1ccc(Cl)cc1S(=O)(=O)N1CCCC(c2ccn(C)n2)C1. The normalized spacial score (nSPS) is 19.9. The van der Waals surface area contributed by atoms with Gasteiger partial charge in [-0.05, 0) is 43.5 Å². The minimum Gasteiger partial charge on any atom is -0.276 e. The van der Waals surface area contributed by atoms with Crippen molar-refractivity contribution >= 4 is 21.6 Å². The van der Waals surface area contributed by atoms with Crippen molar-refractivity contribution in [1.29, 1.82) is 0 Å². The molecule has 2 aromatic rings. The van der Waals surface area contributed by atoms with E-state index < -0.39 is 10.0 Å². The molecule has 23 heavy (non-hydrogen) atoms. The van der Waals surface area contributed by atoms with E-state index in [4.69, 9.17) is 11.6 Å². The molecular weight excluding hydrogens is 334 g/mol. The average molecular weight is 354 g/mol. The Balaban J connectivity index is 1.89. The summed E-state index contributed by atoms with van der Waals surface area (Å²) in [5, 5.41) is 4.87. The fourth-order valence-corrected chi connectivity index (χ4v) is 5.06. The Morgan fingerprint density at radius 1 is 1.30 bits per heavy atom. The maximum atomic E-state index is 13.0. The van der Waals surface area contributed by atoms with Gasteiger partial charge in [-0.15, -0.1) is 0 Å². The lowest BCUT2D eigenvalue weighted by Crippen LogP contribution is -2.39. The Kier molecular flexibility index (Phi) is 4.49. The molecule has 1 aliphatic heterocycles. The summed E-state index contributed by atoms with van der Waals surface area (Å²) in [5.41, 5.74) is 1.67. The first kappa shape index (κ1) is 16.5. The van der Waals surface area contributed by atoms with Crippen molar-refractivity contribution in [1.82, 2.24) is 14.1 Å². The van der Waals surface area contributed by atoms with Gasteiger partial charge >= 0.3 is 0 Å². The zero-order chi connectivity index (χ0) is 16.6. The summed E-state index contributed by atoms with van der Waals surface area (Å²) >= 11 is 5.99. The molecule has 0 N–H and O–H groups in total. The largest absolute Gasteiger partial charge is 0.276 e. The van der Waals surface area contributed by atoms with E-state index in [2.05, 4.69) is 5.10 Å². The molecule has 7 heteroatoms. The van der Waals surface area contributed by atoms with Gasteiger partial charge in [0.25, 0.3) is 0 Å². The van der Waals surface area contributed by atoms with Gasteiger partial charge < -0.3 is 0 Å². The van der Waals surface area contributed by atoms with Crippen LogP contribution in [0.1, 0.15) is 30.0 Å². The van der Waals surface area contributed by atoms with Crippen LogP contribution in [0, 0.1) is 6.92 Å². The molecule has 1 fully saturated rings. The van der Waals surface area contributed by atoms with E-state index in [1.807, 2.05) is 19.3 Å². The Morgan fingerprint density at radius 2 is 2.09 bits per heavy atom. The van der Waals surface area contributed by atoms with Crippen molar-refractivity contribution in [3.63, 3.8) is 0 Å². The minimum absolute atomic E-state index is 0.138. The van der Waals surface area contributed by atoms with Crippen molar-refractivity contribution in [3.8, 4) is 0 Å². The molecule has 1 unspecified atom stereocenters. The van der Waals surface area contributed by atoms with Crippen LogP contribution in [-0.4, -0.2) is 35.6 Å². The zero-order valence-corrected chi connectivity index (χ0v) is 14.8. The number of rotatable bonds is 3. The number of aryl methyl sites for hydroxylation is 2. The topological polar surface area (TPSA) is 55.2 Å². The number of benzene rings is 1. The number of hydrogen-bond donors (Lipinski definition) is 0. The van der Waals surface area contributed by atoms with Gasteiger partial charge in [0.2, 0.25) is 10.0 Å². The van der Waals surface area contributed by atoms with Crippen molar-refractivity contribution in [2.45, 2.75) is 30.6 Å². The van der Waals surface area contributed by atoms with Crippen LogP contribution < -0.4 is 0 Å². The lowest BCUT2D eigenvalue weighted by Gasteiger charge is -2.31. The second-order valence-electron chi connectivity index (χ2n) is 6.03. The van der Waals surface area contributed by atoms with Crippen LogP contribution in [0.15, 0.2) is 35.4 Å². The molecule has 0 bridgehead atoms. The third-order valence-corrected chi connectivity index (χ3v) is 6.55. The molecule has 0 spiro atoms. The van der Waals surface area contributed by atoms with Crippen LogP contribution in [0.4, 0.5) is 0 Å². The third kappa shape index (κ3) is 3.29. The summed E-state index contributed by atoms with van der Waals surface area (Å²) in [4.78, 5) is 0.298. The molecular formula is C16H20ClN3O2S. The van der Waals surface area contributed by atoms with Gasteiger partial charge in [-0.2, -0.15) is 9.40 Å². The fourth-order valence-electron chi connectivity index (χ4n) is 3.04. The van der Waals surface area contributed by atoms with Crippen molar-refractivity contribution < 1.29 is 8.42 Å². The van der Waals surface area contributed by atoms with Crippen LogP contribution in [0.2, 0.25) is 5.02 Å². The Labute approximate surface area is 141 Å². The third-order valence-electron chi connectivity index (χ3n) is 4.30. The Morgan fingerprint density at radius 3 is 2.78 bits per heavy atom. The highest BCUT2D eigenvalue weighted by atomic mass is 35.5. The lowest BCUT2D eigenvalue weighted by atomic mass is 9.96. The summed E-state index contributed by atoms with van der Waals surface area (Å²) in [7, 11) is -1.66. The van der Waals surface area contributed by atoms with E-state index in [0.717, 1.165) is 18.5 Å². The van der Waals surface area contributed by atoms with Gasteiger partial charge in [-0.25, -0.2) is 8.42 Å². The van der Waals surface area contributed by atoms with Gasteiger partial charge in [0.15, 0.2) is 0 Å². The van der Waals surface area contributed by atoms with Gasteiger partial charge in [0, 0.05) is 37.3 Å². The van der Waals surface area contributed by atoms with E-state index in [0.29, 0.717) is 28.6 Å². The number of hydrogen-bond acceptors (Lipinski definition) is 3. The molecule has 1 atom stereocenters. The molecule has 0 saturated carbocycles. The van der Waals surface area contributed by atoms with E-state index >= 15 is 0 Å². The molecule has 1 aliphatic rings. The quantitative estimate of drug-likeness (QED) is 0.852. The highest BCUT2D eigenvalue weighted by Gasteiger charge is 2.32. The zero-order valence-electron chi connectivity index (χ0n) is 13.2. The minimum atomic E-state index is -3.54. The molecule has 3 rings (SSSR count). The summed E-state index contributed by atoms with van der Waals surface area (Å²) in [6, 6.07) is 6.96. The highest BCUT2D eigenvalue weighted by Crippen LogP contribution is 2.31. The standard InChI is InChI=1S/C16H20ClN3O2S/c1-12-5-6-14(17)10-16(12)23(21,22)20-8-3-4-13(11-20)15-7-9-19(2)18-15/h5-7,9-10,13H,3-4,8,11H2,1-2H3. The molecule has 5 nitrogen and oxygen atoms in total. The predicted octanol–water partition coefficient (Wildman–Crippen LogP) is 2.95. The van der Waals surface area contributed by atoms with Crippen LogP contribution in [-0.2, 0) is 17.1 Å². The van der Waals surface area contributed by atoms with Gasteiger partial charge in [-0.3, -0.25) is 4.68 Å². The Hall–Kier alpha value is -1.37. The second kappa shape index (κ2) is 6.26. The van der Waals surface area contributed by atoms with Crippen molar-refractivity contribution in [3.05, 3.63) is 46.7 Å². The number of sulfonamides is 1. The molecule has 124 valence electrons. The van der Waals surface area contributed by atoms with Crippen LogP contribution in [0.5, 0.6) is 0 Å². The number of nitrogens with zero attached hydrogens (tertiary/aromatic N) is 3. The van der Waals surface area contributed by atoms with Crippen molar-refractivity contribution in [2.75, 3.05) is 13.1 Å². The van der Waals surface area contributed by atoms with Crippen LogP contribution >= 0.6 is 11.6 Å². The maximum absolute atomic E-state index is 13.0. The lowest BCUT2D eigenvalue weighted by molar-refractivity contribution is 0.311. The van der Waals surface area contributed by atoms with Crippen molar-refractivity contribution in [2.24, 2.45) is 7.05 Å². The molecule has 1 saturated heterocycles. The summed E-state index contributed by atoms with van der Waals surface area (Å²) in [6.45, 7) is 2.80. The number of aromatic nitrogens is 2. The van der Waals surface area contributed by atoms with Gasteiger partial charge in [0.05, 0.1) is 10.6 Å². The molecule has 0 radical (unpaired) electrons. The molecule has 2 heterocycles. The second-order valence-corrected chi connectivity index (χ2v) is 8.37. The summed E-state index contributed by atoms with van der Waals surface area (Å²) in [6.07, 6.45) is 3.68. The molecule has 1 aromatic carbocycles. The molecule has 1 aromatic heterocycles. The average Bonchev–Trinajstić information content (AvgIpc) is 2.96. The predicted molar refractivity (Wildman–Crippen MR) is 90.1 cm³/mol. The first-order chi connectivity index (χ1) is 10.9. The van der Waals surface area contributed by atoms with Gasteiger partial charge in [0.1, 0.15) is 0 Å². The van der Waals surface area contributed by atoms with E-state index in [-0.39, 0.29) is 5.92 Å². The van der Waals surface area contributed by atoms with Crippen LogP contribution in [0.3, 0.4) is 0 Å². The Bertz CT molecular complexity index is 816. The van der Waals surface area contributed by atoms with E-state index in [1.165, 1.54) is 6.07 Å². The molecule has 0 aliphatic carbocycles. The highest BCUT2D eigenvalue weighted by molar-refractivity contribution is 7.89. The first-order valence-corrected chi connectivity index (χ1v) is 9.45. The number of piperidine rings is 1. The van der Waals surface area contributed by atoms with E-state index in [9.17, 15) is 8.42 Å². The number of halogens is 1. The van der Waals surface area contributed by atoms with E-state index in [1.54, 1.807) is 28.0 Å². The smallest absolute Gasteiger partial charge is 0.243 e. The summed E-state index contributed by atoms with van der Waals surface area (Å²) in [5.74, 6) is 0.138. The van der Waals surface area contributed by atoms with Gasteiger partial charge in [-0.1, -0.05) is 17.7 Å². The van der Waals surface area contributed by atoms with Crippen LogP contribution in [0.25, 0.3) is 0 Å². The summed E-state index contributed by atoms with van der Waals surface area (Å²) < 4.78 is 29.3. The monoisotopic (exact) mass is 353 g/mol. The maximum Gasteiger partial charge on any atom is 0.243 e. The fraction of sp³-hybridized carbons (Fsp3) is 0.438. The first-order valence-electron chi connectivity index (χ1n) is 7.64.